The molecule has 1 N–H and O–H groups in total. The number of nitrogens with zero attached hydrogens (tertiary/aromatic N) is 2. The third kappa shape index (κ3) is 4.87. The molecule has 0 aliphatic rings. The first-order valence-electron chi connectivity index (χ1n) is 2.05. The van der Waals surface area contributed by atoms with Crippen LogP contribution in [0.4, 0.5) is 0 Å². The van der Waals surface area contributed by atoms with E-state index in [1.807, 2.05) is 0 Å². The fourth-order valence-electron chi connectivity index (χ4n) is 0.221. The molecule has 0 aliphatic heterocycles. The van der Waals surface area contributed by atoms with E-state index >= 15 is 0 Å². The molecule has 5 nitrogen and oxygen atoms in total. The highest BCUT2D eigenvalue weighted by molar-refractivity contribution is 5.55. The summed E-state index contributed by atoms with van der Waals surface area (Å²) >= 11 is 0. The molecule has 8 heavy (non-hydrogen) atoms. The summed E-state index contributed by atoms with van der Waals surface area (Å²) in [4.78, 5) is 9.07. The maximum Gasteiger partial charge on any atom is 0.208 e. The molecule has 0 fully saturated rings. The molecule has 0 atom stereocenters. The van der Waals surface area contributed by atoms with Crippen molar-refractivity contribution in [3.05, 3.63) is 10.1 Å². The molecule has 0 heterocycles. The van der Waals surface area contributed by atoms with Crippen LogP contribution in [0.25, 0.3) is 0 Å². The monoisotopic (exact) mass is 118 g/mol. The van der Waals surface area contributed by atoms with Gasteiger partial charge >= 0.3 is 0 Å². The maximum atomic E-state index is 9.54. The summed E-state index contributed by atoms with van der Waals surface area (Å²) in [5, 5.41) is 19.8. The Morgan fingerprint density at radius 1 is 1.88 bits per heavy atom. The third-order valence-electron chi connectivity index (χ3n) is 0.522. The molecule has 0 radical (unpaired) electrons. The molecule has 0 saturated carbocycles. The van der Waals surface area contributed by atoms with Gasteiger partial charge in [-0.25, -0.2) is 0 Å². The van der Waals surface area contributed by atoms with Gasteiger partial charge in [0.1, 0.15) is 0 Å². The molecule has 0 saturated heterocycles. The Morgan fingerprint density at radius 3 is 2.88 bits per heavy atom. The zero-order chi connectivity index (χ0) is 6.41. The molecule has 0 unspecified atom stereocenters. The summed E-state index contributed by atoms with van der Waals surface area (Å²) in [6, 6.07) is 0. The average molecular weight is 118 g/mol. The fraction of sp³-hybridized carbons (Fsp3) is 0.667. The normalized spacial score (nSPS) is 10.0. The molecule has 0 aromatic rings. The van der Waals surface area contributed by atoms with Crippen molar-refractivity contribution in [2.24, 2.45) is 5.16 Å². The molecular weight excluding hydrogens is 112 g/mol. The number of rotatable bonds is 3. The number of nitro groups is 1. The van der Waals surface area contributed by atoms with Gasteiger partial charge in [-0.3, -0.25) is 10.1 Å². The smallest absolute Gasteiger partial charge is 0.208 e. The highest BCUT2D eigenvalue weighted by Gasteiger charge is 1.90. The van der Waals surface area contributed by atoms with Crippen LogP contribution in [-0.4, -0.2) is 22.9 Å². The van der Waals surface area contributed by atoms with Crippen molar-refractivity contribution in [1.29, 1.82) is 0 Å². The van der Waals surface area contributed by atoms with Gasteiger partial charge in [0.05, 0.1) is 12.6 Å². The average Bonchev–Trinajstić information content (AvgIpc) is 1.66. The van der Waals surface area contributed by atoms with Crippen LogP contribution < -0.4 is 0 Å². The zero-order valence-corrected chi connectivity index (χ0v) is 4.15. The van der Waals surface area contributed by atoms with Gasteiger partial charge in [-0.1, -0.05) is 0 Å². The number of oxime groups is 1. The Hall–Kier alpha value is -1.13. The highest BCUT2D eigenvalue weighted by atomic mass is 16.6. The van der Waals surface area contributed by atoms with E-state index in [0.717, 1.165) is 6.21 Å². The van der Waals surface area contributed by atoms with E-state index in [1.54, 1.807) is 0 Å². The summed E-state index contributed by atoms with van der Waals surface area (Å²) in [5.41, 5.74) is 0. The Bertz CT molecular complexity index is 101. The van der Waals surface area contributed by atoms with Crippen molar-refractivity contribution in [1.82, 2.24) is 0 Å². The lowest BCUT2D eigenvalue weighted by molar-refractivity contribution is -0.477. The molecule has 0 rings (SSSR count). The second kappa shape index (κ2) is 4.04. The van der Waals surface area contributed by atoms with Crippen LogP contribution >= 0.6 is 0 Å². The predicted octanol–water partition coefficient (Wildman–Crippen LogP) is 0.113. The van der Waals surface area contributed by atoms with E-state index in [0.29, 0.717) is 0 Å². The lowest BCUT2D eigenvalue weighted by Crippen LogP contribution is -1.99. The van der Waals surface area contributed by atoms with Crippen LogP contribution in [0, 0.1) is 10.1 Å². The molecule has 0 spiro atoms. The largest absolute Gasteiger partial charge is 0.411 e. The quantitative estimate of drug-likeness (QED) is 0.247. The molecule has 5 heteroatoms. The van der Waals surface area contributed by atoms with Crippen LogP contribution in [0.3, 0.4) is 0 Å². The van der Waals surface area contributed by atoms with Gasteiger partial charge in [-0.15, -0.1) is 5.16 Å². The lowest BCUT2D eigenvalue weighted by Gasteiger charge is -1.82. The van der Waals surface area contributed by atoms with E-state index in [-0.39, 0.29) is 13.0 Å². The Kier molecular flexibility index (Phi) is 3.47. The molecule has 0 amide bonds. The zero-order valence-electron chi connectivity index (χ0n) is 4.15. The van der Waals surface area contributed by atoms with Crippen LogP contribution in [-0.2, 0) is 0 Å². The van der Waals surface area contributed by atoms with Crippen LogP contribution in [0.2, 0.25) is 0 Å². The van der Waals surface area contributed by atoms with E-state index in [1.165, 1.54) is 0 Å². The van der Waals surface area contributed by atoms with Gasteiger partial charge in [0.15, 0.2) is 0 Å². The predicted molar refractivity (Wildman–Crippen MR) is 26.8 cm³/mol. The third-order valence-corrected chi connectivity index (χ3v) is 0.522. The molecule has 0 aromatic heterocycles. The van der Waals surface area contributed by atoms with Crippen LogP contribution in [0.5, 0.6) is 0 Å². The van der Waals surface area contributed by atoms with Gasteiger partial charge in [0.2, 0.25) is 6.54 Å². The highest BCUT2D eigenvalue weighted by Crippen LogP contribution is 1.73. The summed E-state index contributed by atoms with van der Waals surface area (Å²) in [6.45, 7) is -0.177. The summed E-state index contributed by atoms with van der Waals surface area (Å²) in [5.74, 6) is 0. The van der Waals surface area contributed by atoms with Crippen LogP contribution in [0.15, 0.2) is 5.16 Å². The van der Waals surface area contributed by atoms with Crippen molar-refractivity contribution in [3.8, 4) is 0 Å². The molecule has 0 aliphatic carbocycles. The maximum absolute atomic E-state index is 9.54. The number of hydrogen-bond acceptors (Lipinski definition) is 4. The minimum atomic E-state index is -0.471. The summed E-state index contributed by atoms with van der Waals surface area (Å²) in [7, 11) is 0. The summed E-state index contributed by atoms with van der Waals surface area (Å²) in [6.07, 6.45) is 1.27. The van der Waals surface area contributed by atoms with E-state index in [4.69, 9.17) is 5.21 Å². The van der Waals surface area contributed by atoms with Gasteiger partial charge < -0.3 is 5.21 Å². The van der Waals surface area contributed by atoms with Crippen molar-refractivity contribution in [3.63, 3.8) is 0 Å². The minimum Gasteiger partial charge on any atom is -0.411 e. The van der Waals surface area contributed by atoms with Gasteiger partial charge in [-0.2, -0.15) is 0 Å². The summed E-state index contributed by atoms with van der Waals surface area (Å²) < 4.78 is 0. The van der Waals surface area contributed by atoms with Gasteiger partial charge in [0.25, 0.3) is 0 Å². The first-order valence-corrected chi connectivity index (χ1v) is 2.05. The van der Waals surface area contributed by atoms with Crippen molar-refractivity contribution < 1.29 is 10.1 Å². The molecule has 0 aromatic carbocycles. The second-order valence-corrected chi connectivity index (χ2v) is 1.14. The van der Waals surface area contributed by atoms with E-state index in [9.17, 15) is 10.1 Å². The first-order chi connectivity index (χ1) is 3.77. The molecular formula is C3H6N2O3. The topological polar surface area (TPSA) is 75.7 Å². The lowest BCUT2D eigenvalue weighted by atomic mass is 10.5. The standard InChI is InChI=1S/C3H6N2O3/c6-4-2-1-3-5(7)8/h2,6H,1,3H2. The Labute approximate surface area is 45.8 Å². The minimum absolute atomic E-state index is 0.177. The molecule has 0 bridgehead atoms. The van der Waals surface area contributed by atoms with Gasteiger partial charge in [-0.05, 0) is 0 Å². The SMILES string of the molecule is O=[N+]([O-])CCC=NO. The molecule has 46 valence electrons. The second-order valence-electron chi connectivity index (χ2n) is 1.14. The van der Waals surface area contributed by atoms with Crippen molar-refractivity contribution in [2.75, 3.05) is 6.54 Å². The van der Waals surface area contributed by atoms with Gasteiger partial charge in [0, 0.05) is 4.92 Å². The van der Waals surface area contributed by atoms with E-state index in [2.05, 4.69) is 5.16 Å². The Balaban J connectivity index is 3.05. The number of hydrogen-bond donors (Lipinski definition) is 1. The first kappa shape index (κ1) is 6.87. The van der Waals surface area contributed by atoms with Crippen molar-refractivity contribution >= 4 is 6.21 Å². The fourth-order valence-corrected chi connectivity index (χ4v) is 0.221. The Morgan fingerprint density at radius 2 is 2.50 bits per heavy atom. The van der Waals surface area contributed by atoms with Crippen molar-refractivity contribution in [2.45, 2.75) is 6.42 Å². The van der Waals surface area contributed by atoms with Crippen LogP contribution in [0.1, 0.15) is 6.42 Å². The van der Waals surface area contributed by atoms with E-state index < -0.39 is 4.92 Å².